The Bertz CT molecular complexity index is 2430. The van der Waals surface area contributed by atoms with Gasteiger partial charge in [0.15, 0.2) is 12.3 Å². The van der Waals surface area contributed by atoms with Gasteiger partial charge in [-0.3, -0.25) is 14.4 Å². The first kappa shape index (κ1) is 50.1. The predicted octanol–water partition coefficient (Wildman–Crippen LogP) is 3.24. The van der Waals surface area contributed by atoms with Crippen molar-refractivity contribution in [2.75, 3.05) is 66.8 Å². The molecule has 67 heavy (non-hydrogen) atoms. The van der Waals surface area contributed by atoms with E-state index >= 15 is 0 Å². The van der Waals surface area contributed by atoms with Crippen molar-refractivity contribution in [2.24, 2.45) is 0 Å². The summed E-state index contributed by atoms with van der Waals surface area (Å²) in [5.74, 6) is -2.07. The molecule has 0 saturated carbocycles. The summed E-state index contributed by atoms with van der Waals surface area (Å²) in [6.45, 7) is 5.39. The summed E-state index contributed by atoms with van der Waals surface area (Å²) >= 11 is 0. The average Bonchev–Trinajstić information content (AvgIpc) is 3.29. The number of nitrogens with one attached hydrogen (secondary N) is 2. The number of amides is 4. The van der Waals surface area contributed by atoms with Gasteiger partial charge in [-0.2, -0.15) is 5.48 Å². The molecule has 0 radical (unpaired) electrons. The number of aliphatic carboxylic acids is 1. The lowest BCUT2D eigenvalue weighted by atomic mass is 9.88. The molecule has 0 spiro atoms. The summed E-state index contributed by atoms with van der Waals surface area (Å²) in [7, 11) is 3.01. The molecule has 1 fully saturated rings. The van der Waals surface area contributed by atoms with E-state index < -0.39 is 72.8 Å². The topological polar surface area (TPSA) is 271 Å². The Labute approximate surface area is 385 Å². The Morgan fingerprint density at radius 1 is 0.910 bits per heavy atom. The normalized spacial score (nSPS) is 19.2. The van der Waals surface area contributed by atoms with Crippen molar-refractivity contribution in [3.63, 3.8) is 0 Å². The number of ether oxygens (including phenoxy) is 7. The van der Waals surface area contributed by atoms with Gasteiger partial charge in [-0.05, 0) is 67.4 Å². The van der Waals surface area contributed by atoms with E-state index in [0.29, 0.717) is 33.2 Å². The fourth-order valence-electron chi connectivity index (χ4n) is 7.40. The Balaban J connectivity index is 1.04. The zero-order valence-corrected chi connectivity index (χ0v) is 37.7. The highest BCUT2D eigenvalue weighted by Crippen LogP contribution is 2.43. The van der Waals surface area contributed by atoms with Crippen LogP contribution in [0.15, 0.2) is 60.7 Å². The van der Waals surface area contributed by atoms with E-state index in [4.69, 9.17) is 38.0 Å². The number of carbonyl (C=O) groups is 5. The minimum atomic E-state index is -1.66. The Hall–Kier alpha value is -6.33. The van der Waals surface area contributed by atoms with E-state index in [1.807, 2.05) is 30.3 Å². The molecule has 21 heteroatoms. The number of hydroxylamine groups is 1. The summed E-state index contributed by atoms with van der Waals surface area (Å²) in [5.41, 5.74) is 2.64. The second kappa shape index (κ2) is 22.4. The van der Waals surface area contributed by atoms with Crippen molar-refractivity contribution < 1.29 is 82.4 Å². The van der Waals surface area contributed by atoms with Gasteiger partial charge in [0.25, 0.3) is 11.8 Å². The minimum Gasteiger partial charge on any atom is -0.496 e. The van der Waals surface area contributed by atoms with E-state index in [1.165, 1.54) is 42.2 Å². The van der Waals surface area contributed by atoms with Gasteiger partial charge in [0, 0.05) is 55.0 Å². The molecule has 1 saturated heterocycles. The SMILES string of the molecule is COc1ccc2c3c(c4ccccc4cc13)C(O)N(CCN(C)C(=O)OCc1ccc(O[C@@H]3O[C@H](C(=O)O)C[C@H](O)[C@H]3O)c(C(=O)NCCOCCOCCONC(=O)OC(C)(C)C)c1)C2=O. The van der Waals surface area contributed by atoms with Crippen LogP contribution in [0.4, 0.5) is 9.59 Å². The maximum Gasteiger partial charge on any atom is 0.431 e. The van der Waals surface area contributed by atoms with Crippen molar-refractivity contribution >= 4 is 51.5 Å². The van der Waals surface area contributed by atoms with Crippen LogP contribution in [0.1, 0.15) is 65.3 Å². The number of hydrogen-bond acceptors (Lipinski definition) is 16. The number of benzene rings is 4. The molecule has 2 aliphatic heterocycles. The smallest absolute Gasteiger partial charge is 0.431 e. The number of aliphatic hydroxyl groups is 3. The van der Waals surface area contributed by atoms with Crippen LogP contribution in [0.2, 0.25) is 0 Å². The number of hydrogen-bond donors (Lipinski definition) is 6. The molecule has 6 rings (SSSR count). The fraction of sp³-hybridized carbons (Fsp3) is 0.457. The molecule has 1 unspecified atom stereocenters. The number of nitrogens with zero attached hydrogens (tertiary/aromatic N) is 2. The molecule has 6 N–H and O–H groups in total. The van der Waals surface area contributed by atoms with Gasteiger partial charge < -0.3 is 68.7 Å². The summed E-state index contributed by atoms with van der Waals surface area (Å²) in [5, 5.41) is 47.7. The summed E-state index contributed by atoms with van der Waals surface area (Å²) in [6, 6.07) is 17.0. The van der Waals surface area contributed by atoms with Gasteiger partial charge in [0.05, 0.1) is 51.8 Å². The van der Waals surface area contributed by atoms with Crippen LogP contribution in [0, 0.1) is 0 Å². The van der Waals surface area contributed by atoms with Crippen molar-refractivity contribution in [1.82, 2.24) is 20.6 Å². The van der Waals surface area contributed by atoms with Crippen molar-refractivity contribution in [3.05, 3.63) is 82.9 Å². The van der Waals surface area contributed by atoms with Crippen LogP contribution in [0.5, 0.6) is 11.5 Å². The molecule has 0 aromatic heterocycles. The highest BCUT2D eigenvalue weighted by atomic mass is 16.7. The molecule has 4 aromatic carbocycles. The summed E-state index contributed by atoms with van der Waals surface area (Å²) in [4.78, 5) is 71.5. The quantitative estimate of drug-likeness (QED) is 0.0422. The molecule has 2 heterocycles. The Morgan fingerprint density at radius 2 is 1.63 bits per heavy atom. The van der Waals surface area contributed by atoms with Crippen LogP contribution in [0.25, 0.3) is 21.5 Å². The number of methoxy groups -OCH3 is 1. The van der Waals surface area contributed by atoms with Crippen molar-refractivity contribution in [2.45, 2.75) is 70.2 Å². The number of carbonyl (C=O) groups excluding carboxylic acids is 4. The zero-order chi connectivity index (χ0) is 48.4. The lowest BCUT2D eigenvalue weighted by molar-refractivity contribution is -0.238. The highest BCUT2D eigenvalue weighted by Gasteiger charge is 2.42. The molecule has 21 nitrogen and oxygen atoms in total. The standard InChI is InChI=1S/C46H56N4O17/c1-46(2,3)67-44(58)48-64-21-20-62-19-18-61-17-14-47-39(53)31-22-26(10-12-34(31)65-43-38(52)32(51)24-35(66-43)42(56)57)25-63-45(59)49(4)15-16-50-40(54)29-11-13-33(60-5)30-23-27-8-6-7-9-28(27)37(36(29)30)41(50)55/h6-13,22-23,32,35,38,41,43,51-52,55H,14-21,24-25H2,1-5H3,(H,47,53)(H,48,58)(H,56,57)/t32-,35-,38+,41?,43+/m0/s1. The van der Waals surface area contributed by atoms with Crippen LogP contribution >= 0.6 is 0 Å². The van der Waals surface area contributed by atoms with E-state index in [2.05, 4.69) is 10.8 Å². The third kappa shape index (κ3) is 12.6. The molecule has 4 aromatic rings. The zero-order valence-electron chi connectivity index (χ0n) is 37.7. The lowest BCUT2D eigenvalue weighted by Crippen LogP contribution is -2.52. The molecular weight excluding hydrogens is 881 g/mol. The largest absolute Gasteiger partial charge is 0.496 e. The second-order valence-corrected chi connectivity index (χ2v) is 16.6. The molecule has 4 amide bonds. The first-order valence-electron chi connectivity index (χ1n) is 21.4. The number of rotatable bonds is 20. The maximum absolute atomic E-state index is 13.8. The number of likely N-dealkylation sites (N-methyl/N-ethyl adjacent to an activating group) is 1. The van der Waals surface area contributed by atoms with E-state index in [1.54, 1.807) is 32.9 Å². The van der Waals surface area contributed by atoms with Crippen LogP contribution in [-0.4, -0.2) is 157 Å². The van der Waals surface area contributed by atoms with Gasteiger partial charge in [0.2, 0.25) is 6.29 Å². The van der Waals surface area contributed by atoms with Gasteiger partial charge in [0.1, 0.15) is 29.8 Å². The van der Waals surface area contributed by atoms with Gasteiger partial charge in [-0.15, -0.1) is 0 Å². The molecular formula is C46H56N4O17. The Kier molecular flexibility index (Phi) is 16.8. The molecule has 0 bridgehead atoms. The van der Waals surface area contributed by atoms with Gasteiger partial charge in [-0.1, -0.05) is 30.3 Å². The summed E-state index contributed by atoms with van der Waals surface area (Å²) in [6.07, 6.45) is -9.54. The summed E-state index contributed by atoms with van der Waals surface area (Å²) < 4.78 is 38.3. The van der Waals surface area contributed by atoms with Crippen molar-refractivity contribution in [1.29, 1.82) is 0 Å². The highest BCUT2D eigenvalue weighted by molar-refractivity contribution is 6.16. The van der Waals surface area contributed by atoms with Crippen LogP contribution < -0.4 is 20.3 Å². The molecule has 2 aliphatic rings. The van der Waals surface area contributed by atoms with E-state index in [-0.39, 0.29) is 70.6 Å². The van der Waals surface area contributed by atoms with E-state index in [9.17, 15) is 44.4 Å². The van der Waals surface area contributed by atoms with E-state index in [0.717, 1.165) is 10.8 Å². The number of aliphatic hydroxyl groups excluding tert-OH is 3. The number of carboxylic acid groups (broad SMARTS) is 1. The van der Waals surface area contributed by atoms with Gasteiger partial charge in [-0.25, -0.2) is 14.4 Å². The third-order valence-corrected chi connectivity index (χ3v) is 10.7. The molecule has 362 valence electrons. The Morgan fingerprint density at radius 3 is 2.36 bits per heavy atom. The fourth-order valence-corrected chi connectivity index (χ4v) is 7.40. The number of carboxylic acids is 1. The van der Waals surface area contributed by atoms with Crippen LogP contribution in [-0.2, 0) is 39.9 Å². The molecule has 0 aliphatic carbocycles. The maximum atomic E-state index is 13.8. The van der Waals surface area contributed by atoms with Crippen molar-refractivity contribution in [3.8, 4) is 11.5 Å². The number of fused-ring (bicyclic) bond motifs is 2. The molecule has 5 atom stereocenters. The lowest BCUT2D eigenvalue weighted by Gasteiger charge is -2.35. The minimum absolute atomic E-state index is 0.0208. The monoisotopic (exact) mass is 936 g/mol. The second-order valence-electron chi connectivity index (χ2n) is 16.6. The third-order valence-electron chi connectivity index (χ3n) is 10.7. The van der Waals surface area contributed by atoms with Crippen LogP contribution in [0.3, 0.4) is 0 Å². The average molecular weight is 937 g/mol. The first-order valence-corrected chi connectivity index (χ1v) is 21.4. The van der Waals surface area contributed by atoms with Gasteiger partial charge >= 0.3 is 18.2 Å². The first-order chi connectivity index (χ1) is 32.0. The predicted molar refractivity (Wildman–Crippen MR) is 236 cm³/mol.